The minimum atomic E-state index is -0.501. The van der Waals surface area contributed by atoms with Gasteiger partial charge in [-0.25, -0.2) is 9.18 Å². The summed E-state index contributed by atoms with van der Waals surface area (Å²) >= 11 is 5.97. The summed E-state index contributed by atoms with van der Waals surface area (Å²) in [6.07, 6.45) is 4.91. The van der Waals surface area contributed by atoms with E-state index in [1.54, 1.807) is 6.07 Å². The lowest BCUT2D eigenvalue weighted by Crippen LogP contribution is -2.48. The zero-order valence-corrected chi connectivity index (χ0v) is 23.6. The first kappa shape index (κ1) is 27.9. The largest absolute Gasteiger partial charge is 0.326 e. The van der Waals surface area contributed by atoms with Gasteiger partial charge in [-0.15, -0.1) is 0 Å². The third-order valence-electron chi connectivity index (χ3n) is 8.81. The molecular weight excluding hydrogens is 517 g/mol. The standard InChI is InChI=1S/C30H39ClFN5O2/c1-21(38)33-24-6-3-5-22(17-24)30-10-9-26(18-23(30)20-30)37(12-4-11-36-15-13-35(2)14-16-36)29(39)34-25-7-8-28(32)27(31)19-25/h3,5-8,17,19,23,26H,4,9-16,18,20H2,1-2H3,(H,33,38)(H,34,39)/t23?,26-,30?/m1/s1. The first-order chi connectivity index (χ1) is 18.7. The Morgan fingerprint density at radius 3 is 2.59 bits per heavy atom. The van der Waals surface area contributed by atoms with E-state index in [0.29, 0.717) is 18.2 Å². The minimum Gasteiger partial charge on any atom is -0.326 e. The fraction of sp³-hybridized carbons (Fsp3) is 0.533. The average molecular weight is 556 g/mol. The van der Waals surface area contributed by atoms with Crippen LogP contribution in [0.15, 0.2) is 42.5 Å². The molecule has 210 valence electrons. The average Bonchev–Trinajstić information content (AvgIpc) is 3.65. The van der Waals surface area contributed by atoms with Crippen LogP contribution in [0.3, 0.4) is 0 Å². The maximum atomic E-state index is 13.7. The molecule has 7 nitrogen and oxygen atoms in total. The Balaban J connectivity index is 1.26. The lowest BCUT2D eigenvalue weighted by molar-refractivity contribution is -0.114. The fourth-order valence-electron chi connectivity index (χ4n) is 6.51. The molecule has 0 radical (unpaired) electrons. The number of anilines is 2. The quantitative estimate of drug-likeness (QED) is 0.456. The molecular formula is C30H39ClFN5O2. The Labute approximate surface area is 235 Å². The lowest BCUT2D eigenvalue weighted by atomic mass is 9.80. The van der Waals surface area contributed by atoms with Crippen LogP contribution in [-0.2, 0) is 10.2 Å². The van der Waals surface area contributed by atoms with E-state index in [-0.39, 0.29) is 28.4 Å². The van der Waals surface area contributed by atoms with Crippen LogP contribution in [0.25, 0.3) is 0 Å². The normalized spacial score (nSPS) is 25.0. The number of halogens is 2. The van der Waals surface area contributed by atoms with Crippen molar-refractivity contribution in [3.63, 3.8) is 0 Å². The van der Waals surface area contributed by atoms with Crippen LogP contribution in [0.5, 0.6) is 0 Å². The molecule has 1 saturated heterocycles. The predicted molar refractivity (Wildman–Crippen MR) is 154 cm³/mol. The monoisotopic (exact) mass is 555 g/mol. The number of nitrogens with one attached hydrogen (secondary N) is 2. The number of hydrogen-bond donors (Lipinski definition) is 2. The molecule has 2 aromatic carbocycles. The summed E-state index contributed by atoms with van der Waals surface area (Å²) in [5.41, 5.74) is 2.76. The number of amides is 3. The van der Waals surface area contributed by atoms with Crippen molar-refractivity contribution in [1.29, 1.82) is 0 Å². The van der Waals surface area contributed by atoms with E-state index in [0.717, 1.165) is 70.5 Å². The van der Waals surface area contributed by atoms with Crippen molar-refractivity contribution in [2.24, 2.45) is 5.92 Å². The molecule has 2 aromatic rings. The topological polar surface area (TPSA) is 67.9 Å². The van der Waals surface area contributed by atoms with Crippen molar-refractivity contribution >= 4 is 34.9 Å². The molecule has 0 aromatic heterocycles. The number of carbonyl (C=O) groups excluding carboxylic acids is 2. The van der Waals surface area contributed by atoms with E-state index in [4.69, 9.17) is 11.6 Å². The van der Waals surface area contributed by atoms with E-state index in [2.05, 4.69) is 39.6 Å². The van der Waals surface area contributed by atoms with E-state index in [1.165, 1.54) is 24.6 Å². The third kappa shape index (κ3) is 6.56. The van der Waals surface area contributed by atoms with Gasteiger partial charge in [0.05, 0.1) is 5.02 Å². The molecule has 3 amide bonds. The molecule has 9 heteroatoms. The maximum Gasteiger partial charge on any atom is 0.322 e. The van der Waals surface area contributed by atoms with Crippen LogP contribution in [0.2, 0.25) is 5.02 Å². The lowest BCUT2D eigenvalue weighted by Gasteiger charge is -2.38. The highest BCUT2D eigenvalue weighted by atomic mass is 35.5. The molecule has 1 aliphatic heterocycles. The summed E-state index contributed by atoms with van der Waals surface area (Å²) in [7, 11) is 2.15. The van der Waals surface area contributed by atoms with Gasteiger partial charge in [0.25, 0.3) is 0 Å². The minimum absolute atomic E-state index is 0.00339. The Kier molecular flexibility index (Phi) is 8.45. The highest BCUT2D eigenvalue weighted by molar-refractivity contribution is 6.31. The Bertz CT molecular complexity index is 1200. The molecule has 2 unspecified atom stereocenters. The van der Waals surface area contributed by atoms with E-state index in [9.17, 15) is 14.0 Å². The molecule has 5 rings (SSSR count). The van der Waals surface area contributed by atoms with Gasteiger partial charge in [-0.1, -0.05) is 23.7 Å². The van der Waals surface area contributed by atoms with Crippen molar-refractivity contribution < 1.29 is 14.0 Å². The molecule has 2 N–H and O–H groups in total. The molecule has 0 spiro atoms. The summed E-state index contributed by atoms with van der Waals surface area (Å²) in [6, 6.07) is 12.5. The van der Waals surface area contributed by atoms with Crippen molar-refractivity contribution in [3.05, 3.63) is 58.9 Å². The maximum absolute atomic E-state index is 13.7. The van der Waals surface area contributed by atoms with E-state index in [1.807, 2.05) is 17.0 Å². The molecule has 2 aliphatic carbocycles. The van der Waals surface area contributed by atoms with Gasteiger partial charge in [-0.2, -0.15) is 0 Å². The zero-order chi connectivity index (χ0) is 27.6. The number of carbonyl (C=O) groups is 2. The predicted octanol–water partition coefficient (Wildman–Crippen LogP) is 5.42. The highest BCUT2D eigenvalue weighted by Gasteiger charge is 2.58. The first-order valence-electron chi connectivity index (χ1n) is 14.1. The van der Waals surface area contributed by atoms with E-state index >= 15 is 0 Å². The van der Waals surface area contributed by atoms with Crippen molar-refractivity contribution in [2.75, 3.05) is 56.9 Å². The van der Waals surface area contributed by atoms with Gasteiger partial charge in [-0.05, 0) is 92.9 Å². The Hall–Kier alpha value is -2.68. The molecule has 3 aliphatic rings. The van der Waals surface area contributed by atoms with Crippen LogP contribution in [-0.4, -0.2) is 79.0 Å². The molecule has 1 heterocycles. The van der Waals surface area contributed by atoms with Crippen molar-refractivity contribution in [2.45, 2.75) is 50.5 Å². The van der Waals surface area contributed by atoms with Gasteiger partial charge >= 0.3 is 6.03 Å². The second-order valence-electron chi connectivity index (χ2n) is 11.5. The number of piperazine rings is 1. The highest BCUT2D eigenvalue weighted by Crippen LogP contribution is 2.63. The van der Waals surface area contributed by atoms with Gasteiger partial charge in [0.1, 0.15) is 5.82 Å². The molecule has 3 atom stereocenters. The first-order valence-corrected chi connectivity index (χ1v) is 14.4. The van der Waals surface area contributed by atoms with Gasteiger partial charge in [-0.3, -0.25) is 4.79 Å². The summed E-state index contributed by atoms with van der Waals surface area (Å²) < 4.78 is 13.7. The second kappa shape index (κ2) is 11.8. The van der Waals surface area contributed by atoms with E-state index < -0.39 is 5.82 Å². The van der Waals surface area contributed by atoms with Gasteiger partial charge in [0, 0.05) is 57.1 Å². The third-order valence-corrected chi connectivity index (χ3v) is 9.10. The van der Waals surface area contributed by atoms with Crippen LogP contribution < -0.4 is 10.6 Å². The number of benzene rings is 2. The second-order valence-corrected chi connectivity index (χ2v) is 11.9. The molecule has 0 bridgehead atoms. The number of rotatable bonds is 8. The van der Waals surface area contributed by atoms with Crippen molar-refractivity contribution in [3.8, 4) is 0 Å². The van der Waals surface area contributed by atoms with Gasteiger partial charge in [0.2, 0.25) is 5.91 Å². The van der Waals surface area contributed by atoms with Crippen LogP contribution in [0, 0.1) is 11.7 Å². The summed E-state index contributed by atoms with van der Waals surface area (Å²) in [5, 5.41) is 5.87. The number of nitrogens with zero attached hydrogens (tertiary/aromatic N) is 3. The fourth-order valence-corrected chi connectivity index (χ4v) is 6.69. The zero-order valence-electron chi connectivity index (χ0n) is 22.9. The number of fused-ring (bicyclic) bond motifs is 1. The summed E-state index contributed by atoms with van der Waals surface area (Å²) in [5.74, 6) is -0.0583. The van der Waals surface area contributed by atoms with Crippen molar-refractivity contribution in [1.82, 2.24) is 14.7 Å². The van der Waals surface area contributed by atoms with Crippen LogP contribution in [0.1, 0.15) is 44.6 Å². The van der Waals surface area contributed by atoms with Crippen LogP contribution in [0.4, 0.5) is 20.6 Å². The molecule has 39 heavy (non-hydrogen) atoms. The summed E-state index contributed by atoms with van der Waals surface area (Å²) in [4.78, 5) is 32.0. The van der Waals surface area contributed by atoms with Gasteiger partial charge < -0.3 is 25.3 Å². The molecule has 3 fully saturated rings. The SMILES string of the molecule is CC(=O)Nc1cccc(C23CC[C@@H](N(CCCN4CCN(C)CC4)C(=O)Nc4ccc(F)c(Cl)c4)CC2C3)c1. The Morgan fingerprint density at radius 1 is 1.10 bits per heavy atom. The Morgan fingerprint density at radius 2 is 1.87 bits per heavy atom. The number of hydrogen-bond acceptors (Lipinski definition) is 4. The van der Waals surface area contributed by atoms with Gasteiger partial charge in [0.15, 0.2) is 0 Å². The molecule has 2 saturated carbocycles. The smallest absolute Gasteiger partial charge is 0.322 e. The number of likely N-dealkylation sites (N-methyl/N-ethyl adjacent to an activating group) is 1. The number of urea groups is 1. The van der Waals surface area contributed by atoms with Crippen LogP contribution >= 0.6 is 11.6 Å². The summed E-state index contributed by atoms with van der Waals surface area (Å²) in [6.45, 7) is 7.44.